The van der Waals surface area contributed by atoms with Gasteiger partial charge in [-0.25, -0.2) is 6.08 Å². The summed E-state index contributed by atoms with van der Waals surface area (Å²) in [5, 5.41) is 0. The summed E-state index contributed by atoms with van der Waals surface area (Å²) in [5.41, 5.74) is 10.7. The van der Waals surface area contributed by atoms with Gasteiger partial charge in [-0.05, 0) is 17.4 Å². The number of benzene rings is 2. The van der Waals surface area contributed by atoms with Gasteiger partial charge in [0.15, 0.2) is 0 Å². The second-order valence-corrected chi connectivity index (χ2v) is 15.3. The van der Waals surface area contributed by atoms with Crippen LogP contribution in [0.2, 0.25) is 0 Å². The summed E-state index contributed by atoms with van der Waals surface area (Å²) in [4.78, 5) is 0. The molecular formula is C35H48Cl2Zr-2. The van der Waals surface area contributed by atoms with Crippen LogP contribution >= 0.6 is 0 Å². The molecule has 0 amide bonds. The normalized spacial score (nSPS) is 13.4. The van der Waals surface area contributed by atoms with Crippen molar-refractivity contribution in [1.29, 1.82) is 0 Å². The first kappa shape index (κ1) is 37.3. The molecule has 0 spiro atoms. The molecule has 3 heteroatoms. The molecule has 0 aliphatic heterocycles. The molecule has 38 heavy (non-hydrogen) atoms. The smallest absolute Gasteiger partial charge is 1.00 e. The van der Waals surface area contributed by atoms with Crippen molar-refractivity contribution in [3.8, 4) is 11.1 Å². The van der Waals surface area contributed by atoms with Crippen molar-refractivity contribution in [3.63, 3.8) is 0 Å². The van der Waals surface area contributed by atoms with E-state index in [9.17, 15) is 0 Å². The van der Waals surface area contributed by atoms with E-state index in [0.717, 1.165) is 12.8 Å². The predicted octanol–water partition coefficient (Wildman–Crippen LogP) is 3.91. The first-order valence-electron chi connectivity index (χ1n) is 13.6. The molecule has 0 N–H and O–H groups in total. The third kappa shape index (κ3) is 10.0. The van der Waals surface area contributed by atoms with Crippen LogP contribution in [0.5, 0.6) is 0 Å². The molecule has 0 radical (unpaired) electrons. The molecule has 0 unspecified atom stereocenters. The first-order valence-corrected chi connectivity index (χ1v) is 14.8. The summed E-state index contributed by atoms with van der Waals surface area (Å²) in [6.07, 6.45) is 12.2. The molecule has 208 valence electrons. The summed E-state index contributed by atoms with van der Waals surface area (Å²) in [6.45, 7) is 24.7. The molecule has 2 aliphatic rings. The molecule has 0 fully saturated rings. The van der Waals surface area contributed by atoms with Crippen LogP contribution in [0.25, 0.3) is 11.1 Å². The van der Waals surface area contributed by atoms with Crippen LogP contribution in [0.4, 0.5) is 0 Å². The van der Waals surface area contributed by atoms with Crippen molar-refractivity contribution in [1.82, 2.24) is 0 Å². The largest absolute Gasteiger partial charge is 1.00 e. The quantitative estimate of drug-likeness (QED) is 0.386. The number of fused-ring (bicyclic) bond motifs is 3. The fraction of sp³-hybridized carbons (Fsp3) is 0.514. The number of hydrogen-bond acceptors (Lipinski definition) is 0. The van der Waals surface area contributed by atoms with E-state index in [0.29, 0.717) is 5.41 Å². The molecule has 0 aromatic heterocycles. The van der Waals surface area contributed by atoms with Gasteiger partial charge in [-0.2, -0.15) is 41.0 Å². The Kier molecular flexibility index (Phi) is 15.0. The predicted molar refractivity (Wildman–Crippen MR) is 156 cm³/mol. The minimum absolute atomic E-state index is 0. The van der Waals surface area contributed by atoms with Gasteiger partial charge in [0, 0.05) is 0 Å². The zero-order chi connectivity index (χ0) is 27.3. The number of halogens is 2. The van der Waals surface area contributed by atoms with E-state index in [1.54, 1.807) is 24.2 Å². The fourth-order valence-electron chi connectivity index (χ4n) is 4.46. The SMILES string of the molecule is CC(C)(C)c1c[c-]c2c(c1)-c1cc(C(C)(C)C)ccc1C2.CCC(C)(CC)C1=CC[C-]=C1.C[C](C)=[Zr+2].[Cl-].[Cl-]. The van der Waals surface area contributed by atoms with E-state index in [1.807, 2.05) is 0 Å². The molecule has 2 aromatic carbocycles. The van der Waals surface area contributed by atoms with Gasteiger partial charge in [0.05, 0.1) is 0 Å². The number of hydrogen-bond donors (Lipinski definition) is 0. The van der Waals surface area contributed by atoms with Crippen molar-refractivity contribution in [3.05, 3.63) is 82.5 Å². The summed E-state index contributed by atoms with van der Waals surface area (Å²) < 4.78 is 1.51. The Bertz CT molecular complexity index is 1050. The van der Waals surface area contributed by atoms with E-state index in [2.05, 4.69) is 131 Å². The summed E-state index contributed by atoms with van der Waals surface area (Å²) in [5.74, 6) is 0. The Balaban J connectivity index is 0.000000684. The maximum atomic E-state index is 3.53. The summed E-state index contributed by atoms with van der Waals surface area (Å²) in [6, 6.07) is 15.1. The van der Waals surface area contributed by atoms with Crippen LogP contribution in [0, 0.1) is 17.6 Å². The molecule has 4 rings (SSSR count). The monoisotopic (exact) mass is 628 g/mol. The van der Waals surface area contributed by atoms with E-state index in [1.165, 1.54) is 55.0 Å². The molecule has 2 aliphatic carbocycles. The molecule has 0 atom stereocenters. The maximum Gasteiger partial charge on any atom is -1.00 e. The van der Waals surface area contributed by atoms with Crippen molar-refractivity contribution in [2.24, 2.45) is 5.41 Å². The van der Waals surface area contributed by atoms with Gasteiger partial charge in [0.25, 0.3) is 0 Å². The fourth-order valence-corrected chi connectivity index (χ4v) is 4.46. The minimum Gasteiger partial charge on any atom is -1.00 e. The van der Waals surface area contributed by atoms with Gasteiger partial charge in [0.2, 0.25) is 0 Å². The minimum atomic E-state index is 0. The summed E-state index contributed by atoms with van der Waals surface area (Å²) in [7, 11) is 0. The van der Waals surface area contributed by atoms with Crippen LogP contribution in [-0.4, -0.2) is 3.21 Å². The van der Waals surface area contributed by atoms with Gasteiger partial charge < -0.3 is 24.8 Å². The average molecular weight is 631 g/mol. The van der Waals surface area contributed by atoms with Gasteiger partial charge in [-0.15, -0.1) is 12.0 Å². The molecule has 0 saturated carbocycles. The van der Waals surface area contributed by atoms with Crippen molar-refractivity contribution >= 4 is 3.21 Å². The Morgan fingerprint density at radius 2 is 1.37 bits per heavy atom. The second kappa shape index (κ2) is 15.3. The standard InChI is InChI=1S/C21H25.C11H17.C3H6.2ClH.Zr/c1-20(2,3)16-9-7-14-11-15-8-10-17(21(4,5)6)13-19(15)18(14)12-16;1-4-11(3,5-2)10-8-6-7-9-10;1-3-2;;;/h7,9-10,12-13H,11H2,1-6H3;8-9H,4-6H2,1-3H3;1-2H3;2*1H;/q2*-1;;;;+2/p-2. The van der Waals surface area contributed by atoms with Gasteiger partial charge >= 0.3 is 41.3 Å². The molecule has 0 bridgehead atoms. The van der Waals surface area contributed by atoms with Gasteiger partial charge in [-0.3, -0.25) is 6.08 Å². The zero-order valence-corrected chi connectivity index (χ0v) is 29.6. The number of rotatable bonds is 3. The third-order valence-electron chi connectivity index (χ3n) is 7.48. The molecule has 0 heterocycles. The second-order valence-electron chi connectivity index (χ2n) is 12.8. The molecule has 2 aromatic rings. The average Bonchev–Trinajstić information content (AvgIpc) is 3.45. The van der Waals surface area contributed by atoms with E-state index in [-0.39, 0.29) is 35.6 Å². The Morgan fingerprint density at radius 3 is 1.82 bits per heavy atom. The van der Waals surface area contributed by atoms with Crippen LogP contribution in [0.1, 0.15) is 118 Å². The van der Waals surface area contributed by atoms with Gasteiger partial charge in [-0.1, -0.05) is 115 Å². The molecular weight excluding hydrogens is 583 g/mol. The van der Waals surface area contributed by atoms with Crippen molar-refractivity contribution in [2.45, 2.75) is 113 Å². The van der Waals surface area contributed by atoms with Crippen LogP contribution < -0.4 is 24.8 Å². The van der Waals surface area contributed by atoms with Crippen molar-refractivity contribution in [2.75, 3.05) is 0 Å². The maximum absolute atomic E-state index is 3.53. The number of allylic oxidation sites excluding steroid dienone is 4. The van der Waals surface area contributed by atoms with Crippen LogP contribution in [0.15, 0.2) is 48.1 Å². The van der Waals surface area contributed by atoms with Crippen LogP contribution in [-0.2, 0) is 41.5 Å². The van der Waals surface area contributed by atoms with E-state index in [4.69, 9.17) is 0 Å². The van der Waals surface area contributed by atoms with Crippen LogP contribution in [0.3, 0.4) is 0 Å². The Hall–Kier alpha value is -0.747. The third-order valence-corrected chi connectivity index (χ3v) is 7.48. The topological polar surface area (TPSA) is 0 Å². The Labute approximate surface area is 262 Å². The molecule has 0 nitrogen and oxygen atoms in total. The molecule has 0 saturated heterocycles. The van der Waals surface area contributed by atoms with E-state index >= 15 is 0 Å². The first-order chi connectivity index (χ1) is 16.6. The van der Waals surface area contributed by atoms with E-state index < -0.39 is 0 Å². The van der Waals surface area contributed by atoms with Crippen molar-refractivity contribution < 1.29 is 49.0 Å². The van der Waals surface area contributed by atoms with Gasteiger partial charge in [0.1, 0.15) is 0 Å². The Morgan fingerprint density at radius 1 is 0.842 bits per heavy atom. The zero-order valence-electron chi connectivity index (χ0n) is 25.6. The summed E-state index contributed by atoms with van der Waals surface area (Å²) >= 11 is 1.55.